The Morgan fingerprint density at radius 2 is 1.45 bits per heavy atom. The molecule has 14 heteroatoms. The summed E-state index contributed by atoms with van der Waals surface area (Å²) in [4.78, 5) is 0. The highest BCUT2D eigenvalue weighted by atomic mass is 32.8. The second-order valence-corrected chi connectivity index (χ2v) is 10.4. The van der Waals surface area contributed by atoms with E-state index in [1.165, 1.54) is 6.26 Å². The van der Waals surface area contributed by atoms with E-state index in [-0.39, 0.29) is 13.0 Å². The summed E-state index contributed by atoms with van der Waals surface area (Å²) in [5.41, 5.74) is 0. The zero-order chi connectivity index (χ0) is 21.9. The van der Waals surface area contributed by atoms with Gasteiger partial charge in [0.15, 0.2) is 6.29 Å². The van der Waals surface area contributed by atoms with E-state index in [9.17, 15) is 40.0 Å². The second-order valence-electron chi connectivity index (χ2n) is 6.99. The van der Waals surface area contributed by atoms with Gasteiger partial charge in [-0.2, -0.15) is 0 Å². The van der Waals surface area contributed by atoms with E-state index in [0.717, 1.165) is 0 Å². The second kappa shape index (κ2) is 10.5. The van der Waals surface area contributed by atoms with Gasteiger partial charge in [0, 0.05) is 23.9 Å². The Hall–Kier alpha value is -0.0700. The molecule has 12 nitrogen and oxygen atoms in total. The number of hydrogen-bond acceptors (Lipinski definition) is 13. The molecule has 2 rings (SSSR count). The lowest BCUT2D eigenvalue weighted by Crippen LogP contribution is -2.64. The van der Waals surface area contributed by atoms with Crippen molar-refractivity contribution in [1.82, 2.24) is 0 Å². The van der Waals surface area contributed by atoms with Gasteiger partial charge < -0.3 is 50.0 Å². The van der Waals surface area contributed by atoms with Gasteiger partial charge in [0.05, 0.1) is 25.9 Å². The molecule has 0 aromatic rings. The monoisotopic (exact) mass is 464 g/mol. The van der Waals surface area contributed by atoms with Crippen LogP contribution in [0.5, 0.6) is 0 Å². The molecule has 0 bridgehead atoms. The van der Waals surface area contributed by atoms with Gasteiger partial charge in [-0.25, -0.2) is 4.21 Å². The van der Waals surface area contributed by atoms with Gasteiger partial charge >= 0.3 is 0 Å². The molecule has 0 aliphatic carbocycles. The first-order chi connectivity index (χ1) is 13.5. The lowest BCUT2D eigenvalue weighted by molar-refractivity contribution is -0.342. The molecule has 1 unspecified atom stereocenters. The van der Waals surface area contributed by atoms with Crippen molar-refractivity contribution in [3.05, 3.63) is 0 Å². The van der Waals surface area contributed by atoms with Crippen LogP contribution in [-0.4, -0.2) is 127 Å². The van der Waals surface area contributed by atoms with Crippen LogP contribution in [0.2, 0.25) is 0 Å². The average molecular weight is 465 g/mol. The maximum atomic E-state index is 11.4. The molecule has 0 aromatic carbocycles. The third kappa shape index (κ3) is 6.22. The lowest BCUT2D eigenvalue weighted by Gasteiger charge is -2.46. The van der Waals surface area contributed by atoms with Gasteiger partial charge in [0.1, 0.15) is 57.6 Å². The smallest absolute Gasteiger partial charge is 0.187 e. The quantitative estimate of drug-likeness (QED) is 0.181. The Balaban J connectivity index is 2.05. The highest BCUT2D eigenvalue weighted by Gasteiger charge is 2.50. The van der Waals surface area contributed by atoms with E-state index in [0.29, 0.717) is 0 Å². The van der Waals surface area contributed by atoms with Crippen LogP contribution in [-0.2, 0) is 38.4 Å². The van der Waals surface area contributed by atoms with E-state index < -0.39 is 83.2 Å². The Kier molecular flexibility index (Phi) is 9.12. The molecule has 0 aromatic heterocycles. The van der Waals surface area contributed by atoms with Gasteiger partial charge in [-0.15, -0.1) is 0 Å². The van der Waals surface area contributed by atoms with Crippen LogP contribution in [0.3, 0.4) is 0 Å². The van der Waals surface area contributed by atoms with E-state index in [1.807, 2.05) is 0 Å². The Morgan fingerprint density at radius 1 is 0.862 bits per heavy atom. The third-order valence-corrected chi connectivity index (χ3v) is 5.69. The molecular weight excluding hydrogens is 436 g/mol. The topological polar surface area (TPSA) is 196 Å². The fraction of sp³-hybridized carbons (Fsp3) is 1.00. The van der Waals surface area contributed by atoms with Crippen LogP contribution in [0.1, 0.15) is 6.42 Å². The Labute approximate surface area is 172 Å². The van der Waals surface area contributed by atoms with Crippen molar-refractivity contribution in [1.29, 1.82) is 0 Å². The van der Waals surface area contributed by atoms with Crippen molar-refractivity contribution in [2.24, 2.45) is 0 Å². The summed E-state index contributed by atoms with van der Waals surface area (Å²) < 4.78 is 32.5. The number of aliphatic hydroxyl groups excluding tert-OH is 7. The molecule has 0 saturated carbocycles. The molecular formula is C15H28O12S2. The average Bonchev–Trinajstić information content (AvgIpc) is 2.66. The normalized spacial score (nSPS) is 45.7. The lowest BCUT2D eigenvalue weighted by atomic mass is 9.93. The molecule has 2 aliphatic heterocycles. The highest BCUT2D eigenvalue weighted by molar-refractivity contribution is 8.29. The maximum absolute atomic E-state index is 11.4. The third-order valence-electron chi connectivity index (χ3n) is 4.80. The first-order valence-corrected chi connectivity index (χ1v) is 11.7. The van der Waals surface area contributed by atoms with Gasteiger partial charge in [-0.3, -0.25) is 4.18 Å². The number of ether oxygens (including phenoxy) is 3. The van der Waals surface area contributed by atoms with Crippen molar-refractivity contribution in [2.45, 2.75) is 67.6 Å². The van der Waals surface area contributed by atoms with Crippen LogP contribution >= 0.6 is 0 Å². The van der Waals surface area contributed by atoms with Crippen molar-refractivity contribution in [3.8, 4) is 0 Å². The molecule has 29 heavy (non-hydrogen) atoms. The van der Waals surface area contributed by atoms with Crippen molar-refractivity contribution in [3.63, 3.8) is 0 Å². The van der Waals surface area contributed by atoms with Crippen LogP contribution in [0, 0.1) is 0 Å². The van der Waals surface area contributed by atoms with Crippen LogP contribution in [0.4, 0.5) is 0 Å². The summed E-state index contributed by atoms with van der Waals surface area (Å²) in [5.74, 6) is 0. The predicted octanol–water partition coefficient (Wildman–Crippen LogP) is -4.65. The van der Waals surface area contributed by atoms with Crippen LogP contribution in [0.15, 0.2) is 0 Å². The van der Waals surface area contributed by atoms with E-state index in [2.05, 4.69) is 11.2 Å². The highest BCUT2D eigenvalue weighted by Crippen LogP contribution is 2.30. The van der Waals surface area contributed by atoms with Crippen molar-refractivity contribution >= 4 is 20.0 Å². The van der Waals surface area contributed by atoms with Gasteiger partial charge in [-0.1, -0.05) is 0 Å². The fourth-order valence-corrected chi connectivity index (χ4v) is 3.82. The molecule has 0 radical (unpaired) electrons. The first kappa shape index (κ1) is 25.2. The standard InChI is InChI=1S/C15H28O12S2/c1-29(23,28)24-3-2-6-9(18)12(21)14(8(5-17)25-6)27-15-13(22)11(20)10(19)7(4-16)26-15/h6-22H,2-5H2,1H3/t6-,7+,8+,9-,10-,11-,12+,13+,14+,15-,29?/m0/s1. The Bertz CT molecular complexity index is 614. The van der Waals surface area contributed by atoms with Gasteiger partial charge in [0.25, 0.3) is 0 Å². The number of rotatable bonds is 8. The molecule has 172 valence electrons. The summed E-state index contributed by atoms with van der Waals surface area (Å²) >= 11 is 4.61. The fourth-order valence-electron chi connectivity index (χ4n) is 3.22. The SMILES string of the molecule is CS(=O)(=S)OCC[C@@H]1O[C@H](CO)[C@@H](O[C@@H]2O[C@H](CO)[C@H](O)[C@H](O)[C@H]2O)[C@H](O)[C@H]1O. The molecule has 7 N–H and O–H groups in total. The predicted molar refractivity (Wildman–Crippen MR) is 98.4 cm³/mol. The van der Waals surface area contributed by atoms with Gasteiger partial charge in [-0.05, 0) is 0 Å². The van der Waals surface area contributed by atoms with Crippen molar-refractivity contribution in [2.75, 3.05) is 26.1 Å². The summed E-state index contributed by atoms with van der Waals surface area (Å²) in [6, 6.07) is 0. The first-order valence-electron chi connectivity index (χ1n) is 8.93. The minimum absolute atomic E-state index is 0.0168. The largest absolute Gasteiger partial charge is 0.394 e. The molecule has 2 heterocycles. The van der Waals surface area contributed by atoms with E-state index >= 15 is 0 Å². The minimum Gasteiger partial charge on any atom is -0.394 e. The summed E-state index contributed by atoms with van der Waals surface area (Å²) in [7, 11) is -2.88. The molecule has 0 amide bonds. The molecule has 2 fully saturated rings. The number of aliphatic hydroxyl groups is 7. The molecule has 0 spiro atoms. The van der Waals surface area contributed by atoms with E-state index in [4.69, 9.17) is 18.4 Å². The van der Waals surface area contributed by atoms with E-state index in [1.54, 1.807) is 0 Å². The molecule has 2 aliphatic rings. The van der Waals surface area contributed by atoms with Crippen molar-refractivity contribution < 1.29 is 58.3 Å². The van der Waals surface area contributed by atoms with Crippen LogP contribution < -0.4 is 0 Å². The molecule has 2 saturated heterocycles. The summed E-state index contributed by atoms with van der Waals surface area (Å²) in [5, 5.41) is 69.3. The van der Waals surface area contributed by atoms with Gasteiger partial charge in [0.2, 0.25) is 0 Å². The zero-order valence-corrected chi connectivity index (χ0v) is 17.2. The summed E-state index contributed by atoms with van der Waals surface area (Å²) in [6.07, 6.45) is -13.2. The maximum Gasteiger partial charge on any atom is 0.187 e. The number of hydrogen-bond donors (Lipinski definition) is 7. The zero-order valence-electron chi connectivity index (χ0n) is 15.6. The van der Waals surface area contributed by atoms with Crippen LogP contribution in [0.25, 0.3) is 0 Å². The molecule has 11 atom stereocenters. The minimum atomic E-state index is -2.88. The summed E-state index contributed by atoms with van der Waals surface area (Å²) in [6.45, 7) is -1.43. The Morgan fingerprint density at radius 3 is 2.00 bits per heavy atom.